The standard InChI is InChI=1S/C15H26N2O/c18-15(14-6-3-9-16-14)17-13-8-7-11-4-1-2-5-12(11)10-13/h11-14,16H,1-10H2,(H,17,18). The van der Waals surface area contributed by atoms with Gasteiger partial charge in [0.15, 0.2) is 0 Å². The van der Waals surface area contributed by atoms with Crippen molar-refractivity contribution in [2.24, 2.45) is 11.8 Å². The zero-order valence-corrected chi connectivity index (χ0v) is 11.3. The van der Waals surface area contributed by atoms with E-state index in [1.165, 1.54) is 44.9 Å². The van der Waals surface area contributed by atoms with E-state index in [4.69, 9.17) is 0 Å². The first-order valence-electron chi connectivity index (χ1n) is 7.86. The fraction of sp³-hybridized carbons (Fsp3) is 0.933. The lowest BCUT2D eigenvalue weighted by Crippen LogP contribution is -2.47. The molecule has 1 saturated heterocycles. The molecule has 1 aliphatic heterocycles. The number of nitrogens with one attached hydrogen (secondary N) is 2. The van der Waals surface area contributed by atoms with Gasteiger partial charge in [0.05, 0.1) is 6.04 Å². The van der Waals surface area contributed by atoms with Gasteiger partial charge in [-0.2, -0.15) is 0 Å². The Labute approximate surface area is 110 Å². The Bertz CT molecular complexity index is 299. The van der Waals surface area contributed by atoms with E-state index in [1.807, 2.05) is 0 Å². The smallest absolute Gasteiger partial charge is 0.237 e. The van der Waals surface area contributed by atoms with Crippen LogP contribution in [-0.4, -0.2) is 24.5 Å². The zero-order chi connectivity index (χ0) is 12.4. The van der Waals surface area contributed by atoms with Crippen molar-refractivity contribution >= 4 is 5.91 Å². The number of fused-ring (bicyclic) bond motifs is 1. The van der Waals surface area contributed by atoms with Gasteiger partial charge < -0.3 is 10.6 Å². The molecule has 1 heterocycles. The first kappa shape index (κ1) is 12.5. The average molecular weight is 250 g/mol. The summed E-state index contributed by atoms with van der Waals surface area (Å²) in [4.78, 5) is 12.1. The minimum atomic E-state index is 0.0917. The molecule has 3 rings (SSSR count). The van der Waals surface area contributed by atoms with Gasteiger partial charge in [-0.25, -0.2) is 0 Å². The van der Waals surface area contributed by atoms with Crippen LogP contribution >= 0.6 is 0 Å². The highest BCUT2D eigenvalue weighted by molar-refractivity contribution is 5.82. The summed E-state index contributed by atoms with van der Waals surface area (Å²) in [5.74, 6) is 2.12. The number of carbonyl (C=O) groups is 1. The molecule has 3 nitrogen and oxygen atoms in total. The minimum Gasteiger partial charge on any atom is -0.352 e. The van der Waals surface area contributed by atoms with E-state index < -0.39 is 0 Å². The van der Waals surface area contributed by atoms with Crippen molar-refractivity contribution in [1.29, 1.82) is 0 Å². The van der Waals surface area contributed by atoms with Crippen molar-refractivity contribution in [2.75, 3.05) is 6.54 Å². The van der Waals surface area contributed by atoms with Crippen LogP contribution in [0.1, 0.15) is 57.8 Å². The van der Waals surface area contributed by atoms with Crippen LogP contribution in [-0.2, 0) is 4.79 Å². The SMILES string of the molecule is O=C(NC1CCC2CCCCC2C1)C1CCCN1. The Morgan fingerprint density at radius 3 is 2.56 bits per heavy atom. The Morgan fingerprint density at radius 1 is 0.944 bits per heavy atom. The average Bonchev–Trinajstić information content (AvgIpc) is 2.92. The van der Waals surface area contributed by atoms with Crippen molar-refractivity contribution in [3.63, 3.8) is 0 Å². The highest BCUT2D eigenvalue weighted by Gasteiger charge is 2.33. The zero-order valence-electron chi connectivity index (χ0n) is 11.3. The van der Waals surface area contributed by atoms with Crippen LogP contribution in [0.2, 0.25) is 0 Å². The van der Waals surface area contributed by atoms with Gasteiger partial charge in [-0.1, -0.05) is 25.7 Å². The van der Waals surface area contributed by atoms with Gasteiger partial charge in [-0.15, -0.1) is 0 Å². The van der Waals surface area contributed by atoms with Crippen molar-refractivity contribution in [3.8, 4) is 0 Å². The van der Waals surface area contributed by atoms with Gasteiger partial charge in [0.2, 0.25) is 5.91 Å². The molecular weight excluding hydrogens is 224 g/mol. The second-order valence-electron chi connectivity index (χ2n) is 6.47. The number of hydrogen-bond donors (Lipinski definition) is 2. The molecule has 18 heavy (non-hydrogen) atoms. The van der Waals surface area contributed by atoms with E-state index in [0.717, 1.165) is 31.2 Å². The maximum Gasteiger partial charge on any atom is 0.237 e. The molecule has 2 saturated carbocycles. The van der Waals surface area contributed by atoms with Crippen LogP contribution in [0, 0.1) is 11.8 Å². The Balaban J connectivity index is 1.49. The van der Waals surface area contributed by atoms with Crippen LogP contribution in [0.5, 0.6) is 0 Å². The predicted molar refractivity (Wildman–Crippen MR) is 72.3 cm³/mol. The number of amides is 1. The molecule has 2 aliphatic carbocycles. The van der Waals surface area contributed by atoms with E-state index in [2.05, 4.69) is 10.6 Å². The van der Waals surface area contributed by atoms with Gasteiger partial charge in [-0.05, 0) is 50.5 Å². The van der Waals surface area contributed by atoms with E-state index in [9.17, 15) is 4.79 Å². The quantitative estimate of drug-likeness (QED) is 0.789. The minimum absolute atomic E-state index is 0.0917. The van der Waals surface area contributed by atoms with Gasteiger partial charge >= 0.3 is 0 Å². The molecule has 1 amide bonds. The molecule has 0 aromatic rings. The van der Waals surface area contributed by atoms with Gasteiger partial charge in [0.25, 0.3) is 0 Å². The van der Waals surface area contributed by atoms with Crippen molar-refractivity contribution in [3.05, 3.63) is 0 Å². The molecule has 3 aliphatic rings. The second kappa shape index (κ2) is 5.60. The van der Waals surface area contributed by atoms with Crippen molar-refractivity contribution in [1.82, 2.24) is 10.6 Å². The lowest BCUT2D eigenvalue weighted by atomic mass is 9.69. The third-order valence-electron chi connectivity index (χ3n) is 5.26. The first-order chi connectivity index (χ1) is 8.83. The lowest BCUT2D eigenvalue weighted by Gasteiger charge is -2.39. The monoisotopic (exact) mass is 250 g/mol. The Kier molecular flexibility index (Phi) is 3.88. The first-order valence-corrected chi connectivity index (χ1v) is 7.86. The van der Waals surface area contributed by atoms with Crippen molar-refractivity contribution in [2.45, 2.75) is 69.9 Å². The fourth-order valence-corrected chi connectivity index (χ4v) is 4.21. The van der Waals surface area contributed by atoms with Crippen LogP contribution in [0.25, 0.3) is 0 Å². The summed E-state index contributed by atoms with van der Waals surface area (Å²) >= 11 is 0. The molecule has 0 bridgehead atoms. The largest absolute Gasteiger partial charge is 0.352 e. The molecule has 0 aromatic carbocycles. The molecule has 3 heteroatoms. The summed E-state index contributed by atoms with van der Waals surface area (Å²) in [6.45, 7) is 1.01. The maximum atomic E-state index is 12.1. The fourth-order valence-electron chi connectivity index (χ4n) is 4.21. The van der Waals surface area contributed by atoms with Crippen molar-refractivity contribution < 1.29 is 4.79 Å². The van der Waals surface area contributed by atoms with Crippen LogP contribution in [0.15, 0.2) is 0 Å². The molecule has 3 fully saturated rings. The highest BCUT2D eigenvalue weighted by Crippen LogP contribution is 2.40. The molecule has 0 aromatic heterocycles. The van der Waals surface area contributed by atoms with E-state index in [0.29, 0.717) is 6.04 Å². The number of hydrogen-bond acceptors (Lipinski definition) is 2. The summed E-state index contributed by atoms with van der Waals surface area (Å²) in [7, 11) is 0. The molecular formula is C15H26N2O. The maximum absolute atomic E-state index is 12.1. The van der Waals surface area contributed by atoms with Crippen LogP contribution < -0.4 is 10.6 Å². The third-order valence-corrected chi connectivity index (χ3v) is 5.26. The molecule has 102 valence electrons. The second-order valence-corrected chi connectivity index (χ2v) is 6.47. The normalized spacial score (nSPS) is 40.2. The predicted octanol–water partition coefficient (Wildman–Crippen LogP) is 2.21. The number of rotatable bonds is 2. The molecule has 4 atom stereocenters. The summed E-state index contributed by atoms with van der Waals surface area (Å²) in [5, 5.41) is 6.58. The van der Waals surface area contributed by atoms with Gasteiger partial charge in [0, 0.05) is 6.04 Å². The molecule has 0 spiro atoms. The molecule has 2 N–H and O–H groups in total. The molecule has 0 radical (unpaired) electrons. The van der Waals surface area contributed by atoms with E-state index in [-0.39, 0.29) is 11.9 Å². The summed E-state index contributed by atoms with van der Waals surface area (Å²) < 4.78 is 0. The van der Waals surface area contributed by atoms with Gasteiger partial charge in [0.1, 0.15) is 0 Å². The third kappa shape index (κ3) is 2.71. The highest BCUT2D eigenvalue weighted by atomic mass is 16.2. The Morgan fingerprint density at radius 2 is 1.78 bits per heavy atom. The summed E-state index contributed by atoms with van der Waals surface area (Å²) in [6, 6.07) is 0.549. The molecule has 4 unspecified atom stereocenters. The summed E-state index contributed by atoms with van der Waals surface area (Å²) in [5.41, 5.74) is 0. The van der Waals surface area contributed by atoms with Crippen LogP contribution in [0.4, 0.5) is 0 Å². The Hall–Kier alpha value is -0.570. The van der Waals surface area contributed by atoms with E-state index >= 15 is 0 Å². The van der Waals surface area contributed by atoms with E-state index in [1.54, 1.807) is 0 Å². The summed E-state index contributed by atoms with van der Waals surface area (Å²) in [6.07, 6.45) is 11.6. The topological polar surface area (TPSA) is 41.1 Å². The van der Waals surface area contributed by atoms with Crippen LogP contribution in [0.3, 0.4) is 0 Å². The van der Waals surface area contributed by atoms with Gasteiger partial charge in [-0.3, -0.25) is 4.79 Å². The number of carbonyl (C=O) groups excluding carboxylic acids is 1. The lowest BCUT2D eigenvalue weighted by molar-refractivity contribution is -0.124.